The minimum atomic E-state index is 0.394. The molecule has 2 aliphatic rings. The first kappa shape index (κ1) is 18.2. The van der Waals surface area contributed by atoms with Gasteiger partial charge < -0.3 is 9.64 Å². The maximum absolute atomic E-state index is 5.96. The monoisotopic (exact) mass is 310 g/mol. The fourth-order valence-electron chi connectivity index (χ4n) is 4.05. The van der Waals surface area contributed by atoms with E-state index in [1.807, 2.05) is 0 Å². The number of nitrogens with zero attached hydrogens (tertiary/aromatic N) is 2. The number of hydrogen-bond donors (Lipinski definition) is 0. The van der Waals surface area contributed by atoms with E-state index in [0.717, 1.165) is 5.92 Å². The Morgan fingerprint density at radius 2 is 1.55 bits per heavy atom. The van der Waals surface area contributed by atoms with Gasteiger partial charge in [0.1, 0.15) is 0 Å². The Morgan fingerprint density at radius 3 is 2.09 bits per heavy atom. The highest BCUT2D eigenvalue weighted by atomic mass is 16.5. The molecule has 0 bridgehead atoms. The van der Waals surface area contributed by atoms with E-state index in [1.165, 1.54) is 71.2 Å². The molecule has 3 heteroatoms. The summed E-state index contributed by atoms with van der Waals surface area (Å²) < 4.78 is 5.96. The molecule has 1 heterocycles. The summed E-state index contributed by atoms with van der Waals surface area (Å²) in [6.07, 6.45) is 9.11. The van der Waals surface area contributed by atoms with Crippen molar-refractivity contribution in [2.45, 2.75) is 84.5 Å². The molecule has 130 valence electrons. The zero-order valence-electron chi connectivity index (χ0n) is 15.4. The highest BCUT2D eigenvalue weighted by Gasteiger charge is 2.23. The molecular weight excluding hydrogens is 272 g/mol. The molecule has 22 heavy (non-hydrogen) atoms. The van der Waals surface area contributed by atoms with Crippen LogP contribution in [0.4, 0.5) is 0 Å². The van der Waals surface area contributed by atoms with Gasteiger partial charge in [0.15, 0.2) is 0 Å². The van der Waals surface area contributed by atoms with Crippen molar-refractivity contribution in [3.63, 3.8) is 0 Å². The summed E-state index contributed by atoms with van der Waals surface area (Å²) in [5.41, 5.74) is 0. The van der Waals surface area contributed by atoms with E-state index in [-0.39, 0.29) is 0 Å². The second-order valence-electron chi connectivity index (χ2n) is 7.94. The molecule has 0 aromatic heterocycles. The second-order valence-corrected chi connectivity index (χ2v) is 7.94. The lowest BCUT2D eigenvalue weighted by molar-refractivity contribution is -0.0205. The lowest BCUT2D eigenvalue weighted by Gasteiger charge is -2.37. The molecule has 1 aliphatic heterocycles. The van der Waals surface area contributed by atoms with Gasteiger partial charge in [-0.1, -0.05) is 0 Å². The largest absolute Gasteiger partial charge is 0.376 e. The van der Waals surface area contributed by atoms with Gasteiger partial charge in [-0.05, 0) is 78.7 Å². The number of hydrogen-bond acceptors (Lipinski definition) is 3. The third kappa shape index (κ3) is 6.17. The van der Waals surface area contributed by atoms with Crippen molar-refractivity contribution in [1.82, 2.24) is 9.80 Å². The van der Waals surface area contributed by atoms with Crippen molar-refractivity contribution < 1.29 is 4.74 Å². The zero-order valence-corrected chi connectivity index (χ0v) is 15.4. The van der Waals surface area contributed by atoms with Gasteiger partial charge in [-0.25, -0.2) is 0 Å². The molecule has 1 saturated carbocycles. The quantitative estimate of drug-likeness (QED) is 0.712. The summed E-state index contributed by atoms with van der Waals surface area (Å²) in [4.78, 5) is 5.28. The number of piperazine rings is 1. The highest BCUT2D eigenvalue weighted by molar-refractivity contribution is 4.76. The predicted molar refractivity (Wildman–Crippen MR) is 94.4 cm³/mol. The minimum Gasteiger partial charge on any atom is -0.376 e. The molecule has 1 saturated heterocycles. The second kappa shape index (κ2) is 9.24. The zero-order chi connectivity index (χ0) is 15.9. The first-order chi connectivity index (χ1) is 10.5. The Labute approximate surface area is 138 Å². The van der Waals surface area contributed by atoms with Crippen LogP contribution in [-0.4, -0.2) is 60.8 Å². The van der Waals surface area contributed by atoms with E-state index in [0.29, 0.717) is 18.2 Å². The molecule has 2 rings (SSSR count). The molecule has 1 aliphatic carbocycles. The Kier molecular flexibility index (Phi) is 7.66. The number of ether oxygens (including phenoxy) is 1. The van der Waals surface area contributed by atoms with Gasteiger partial charge in [0.05, 0.1) is 12.2 Å². The molecule has 0 spiro atoms. The third-order valence-corrected chi connectivity index (χ3v) is 5.48. The Morgan fingerprint density at radius 1 is 0.909 bits per heavy atom. The van der Waals surface area contributed by atoms with Gasteiger partial charge in [0.25, 0.3) is 0 Å². The van der Waals surface area contributed by atoms with Gasteiger partial charge in [-0.3, -0.25) is 4.90 Å². The van der Waals surface area contributed by atoms with E-state index in [4.69, 9.17) is 4.74 Å². The normalized spacial score (nSPS) is 28.6. The van der Waals surface area contributed by atoms with Crippen molar-refractivity contribution >= 4 is 0 Å². The Hall–Kier alpha value is -0.120. The molecule has 0 aromatic carbocycles. The summed E-state index contributed by atoms with van der Waals surface area (Å²) in [6, 6.07) is 0.713. The average Bonchev–Trinajstić information content (AvgIpc) is 2.49. The molecule has 0 N–H and O–H groups in total. The molecule has 3 nitrogen and oxygen atoms in total. The Balaban J connectivity index is 1.53. The van der Waals surface area contributed by atoms with Crippen molar-refractivity contribution in [3.8, 4) is 0 Å². The topological polar surface area (TPSA) is 15.7 Å². The van der Waals surface area contributed by atoms with Crippen LogP contribution in [0.5, 0.6) is 0 Å². The van der Waals surface area contributed by atoms with Crippen LogP contribution in [0.3, 0.4) is 0 Å². The first-order valence-electron chi connectivity index (χ1n) is 9.66. The van der Waals surface area contributed by atoms with Crippen molar-refractivity contribution in [2.24, 2.45) is 5.92 Å². The van der Waals surface area contributed by atoms with Gasteiger partial charge in [-0.2, -0.15) is 0 Å². The van der Waals surface area contributed by atoms with Crippen LogP contribution in [-0.2, 0) is 4.74 Å². The minimum absolute atomic E-state index is 0.394. The summed E-state index contributed by atoms with van der Waals surface area (Å²) in [5, 5.41) is 0. The van der Waals surface area contributed by atoms with Crippen LogP contribution in [0.1, 0.15) is 66.2 Å². The Bertz CT molecular complexity index is 290. The fourth-order valence-corrected chi connectivity index (χ4v) is 4.05. The van der Waals surface area contributed by atoms with E-state index < -0.39 is 0 Å². The van der Waals surface area contributed by atoms with E-state index in [9.17, 15) is 0 Å². The molecule has 0 atom stereocenters. The highest BCUT2D eigenvalue weighted by Crippen LogP contribution is 2.30. The molecule has 0 aromatic rings. The van der Waals surface area contributed by atoms with Gasteiger partial charge in [0.2, 0.25) is 0 Å². The van der Waals surface area contributed by atoms with Crippen LogP contribution in [0, 0.1) is 5.92 Å². The summed E-state index contributed by atoms with van der Waals surface area (Å²) in [7, 11) is 0. The van der Waals surface area contributed by atoms with Crippen LogP contribution in [0.25, 0.3) is 0 Å². The molecule has 2 fully saturated rings. The van der Waals surface area contributed by atoms with Crippen LogP contribution < -0.4 is 0 Å². The van der Waals surface area contributed by atoms with Gasteiger partial charge >= 0.3 is 0 Å². The van der Waals surface area contributed by atoms with E-state index >= 15 is 0 Å². The fraction of sp³-hybridized carbons (Fsp3) is 1.00. The predicted octanol–water partition coefficient (Wildman–Crippen LogP) is 3.78. The van der Waals surface area contributed by atoms with E-state index in [2.05, 4.69) is 37.5 Å². The third-order valence-electron chi connectivity index (χ3n) is 5.48. The smallest absolute Gasteiger partial charge is 0.0578 e. The molecule has 0 unspecified atom stereocenters. The molecule has 0 amide bonds. The van der Waals surface area contributed by atoms with Gasteiger partial charge in [0, 0.05) is 32.2 Å². The molecular formula is C19H38N2O. The van der Waals surface area contributed by atoms with Crippen LogP contribution in [0.15, 0.2) is 0 Å². The van der Waals surface area contributed by atoms with E-state index in [1.54, 1.807) is 0 Å². The summed E-state index contributed by atoms with van der Waals surface area (Å²) in [5.74, 6) is 0.962. The lowest BCUT2D eigenvalue weighted by atomic mass is 9.84. The lowest BCUT2D eigenvalue weighted by Crippen LogP contribution is -2.48. The van der Waals surface area contributed by atoms with Gasteiger partial charge in [-0.15, -0.1) is 0 Å². The number of rotatable bonds is 7. The SMILES string of the molecule is CC(C)OC1CCC(CCCN2CCN(C(C)C)CC2)CC1. The van der Waals surface area contributed by atoms with Crippen LogP contribution in [0.2, 0.25) is 0 Å². The maximum Gasteiger partial charge on any atom is 0.0578 e. The average molecular weight is 311 g/mol. The van der Waals surface area contributed by atoms with Crippen molar-refractivity contribution in [3.05, 3.63) is 0 Å². The maximum atomic E-state index is 5.96. The van der Waals surface area contributed by atoms with Crippen molar-refractivity contribution in [1.29, 1.82) is 0 Å². The summed E-state index contributed by atoms with van der Waals surface area (Å²) in [6.45, 7) is 15.3. The molecule has 0 radical (unpaired) electrons. The first-order valence-corrected chi connectivity index (χ1v) is 9.66. The summed E-state index contributed by atoms with van der Waals surface area (Å²) >= 11 is 0. The standard InChI is InChI=1S/C19H38N2O/c1-16(2)21-14-12-20(13-15-21)11-5-6-18-7-9-19(10-8-18)22-17(3)4/h16-19H,5-15H2,1-4H3. The van der Waals surface area contributed by atoms with Crippen molar-refractivity contribution in [2.75, 3.05) is 32.7 Å². The van der Waals surface area contributed by atoms with Crippen LogP contribution >= 0.6 is 0 Å².